The highest BCUT2D eigenvalue weighted by Crippen LogP contribution is 2.19. The van der Waals surface area contributed by atoms with Gasteiger partial charge in [0, 0.05) is 0 Å². The maximum absolute atomic E-state index is 12.6. The van der Waals surface area contributed by atoms with E-state index in [-0.39, 0.29) is 5.56 Å². The van der Waals surface area contributed by atoms with E-state index >= 15 is 0 Å². The summed E-state index contributed by atoms with van der Waals surface area (Å²) >= 11 is 0. The van der Waals surface area contributed by atoms with Gasteiger partial charge in [0.2, 0.25) is 0 Å². The number of benzene rings is 1. The number of nitrogens with zero attached hydrogens (tertiary/aromatic N) is 2. The van der Waals surface area contributed by atoms with Gasteiger partial charge in [-0.05, 0) is 18.2 Å². The van der Waals surface area contributed by atoms with E-state index < -0.39 is 11.7 Å². The number of hydrogen-bond donors (Lipinski definition) is 0. The summed E-state index contributed by atoms with van der Waals surface area (Å²) in [4.78, 5) is 14.4. The smallest absolute Gasteiger partial charge is 0.267 e. The van der Waals surface area contributed by atoms with Crippen LogP contribution in [0.25, 0.3) is 0 Å². The van der Waals surface area contributed by atoms with Crippen molar-refractivity contribution in [1.29, 1.82) is 0 Å². The van der Waals surface area contributed by atoms with Gasteiger partial charge in [-0.25, -0.2) is 9.71 Å². The van der Waals surface area contributed by atoms with Gasteiger partial charge < -0.3 is 0 Å². The SMILES string of the molecule is O=C1N=C[N]c2ccc(F)cc21. The van der Waals surface area contributed by atoms with Gasteiger partial charge in [0.15, 0.2) is 0 Å². The Balaban J connectivity index is 2.59. The Bertz CT molecular complexity index is 373. The lowest BCUT2D eigenvalue weighted by Gasteiger charge is -2.07. The van der Waals surface area contributed by atoms with Gasteiger partial charge in [0.25, 0.3) is 5.91 Å². The lowest BCUT2D eigenvalue weighted by Crippen LogP contribution is -2.10. The third kappa shape index (κ3) is 0.972. The van der Waals surface area contributed by atoms with Gasteiger partial charge in [-0.3, -0.25) is 4.79 Å². The van der Waals surface area contributed by atoms with Gasteiger partial charge in [-0.15, -0.1) is 0 Å². The van der Waals surface area contributed by atoms with E-state index in [4.69, 9.17) is 0 Å². The summed E-state index contributed by atoms with van der Waals surface area (Å²) in [6.07, 6.45) is 1.17. The van der Waals surface area contributed by atoms with Crippen LogP contribution in [0.5, 0.6) is 0 Å². The predicted molar refractivity (Wildman–Crippen MR) is 41.0 cm³/mol. The van der Waals surface area contributed by atoms with Crippen LogP contribution < -0.4 is 5.32 Å². The van der Waals surface area contributed by atoms with Crippen molar-refractivity contribution in [2.24, 2.45) is 4.99 Å². The molecule has 0 spiro atoms. The average Bonchev–Trinajstić information content (AvgIpc) is 2.07. The van der Waals surface area contributed by atoms with Crippen molar-refractivity contribution in [1.82, 2.24) is 5.32 Å². The molecule has 4 heteroatoms. The maximum Gasteiger partial charge on any atom is 0.280 e. The summed E-state index contributed by atoms with van der Waals surface area (Å²) in [5.74, 6) is -0.895. The van der Waals surface area contributed by atoms with Crippen molar-refractivity contribution in [2.75, 3.05) is 0 Å². The van der Waals surface area contributed by atoms with Gasteiger partial charge in [-0.1, -0.05) is 0 Å². The van der Waals surface area contributed by atoms with Crippen LogP contribution in [-0.2, 0) is 0 Å². The molecular formula is C8H4FN2O. The first-order valence-corrected chi connectivity index (χ1v) is 3.34. The third-order valence-corrected chi connectivity index (χ3v) is 1.56. The monoisotopic (exact) mass is 163 g/mol. The van der Waals surface area contributed by atoms with Gasteiger partial charge in [0.05, 0.1) is 11.3 Å². The Morgan fingerprint density at radius 2 is 2.17 bits per heavy atom. The van der Waals surface area contributed by atoms with Gasteiger partial charge in [-0.2, -0.15) is 4.99 Å². The van der Waals surface area contributed by atoms with Crippen molar-refractivity contribution in [3.63, 3.8) is 0 Å². The maximum atomic E-state index is 12.6. The zero-order valence-electron chi connectivity index (χ0n) is 5.99. The number of rotatable bonds is 0. The summed E-state index contributed by atoms with van der Waals surface area (Å²) in [6.45, 7) is 0. The molecule has 0 aliphatic carbocycles. The zero-order valence-corrected chi connectivity index (χ0v) is 5.99. The van der Waals surface area contributed by atoms with Crippen molar-refractivity contribution >= 4 is 17.9 Å². The van der Waals surface area contributed by atoms with Crippen LogP contribution >= 0.6 is 0 Å². The van der Waals surface area contributed by atoms with Crippen LogP contribution in [-0.4, -0.2) is 12.2 Å². The lowest BCUT2D eigenvalue weighted by atomic mass is 10.1. The molecule has 1 aliphatic rings. The normalized spacial score (nSPS) is 13.9. The van der Waals surface area contributed by atoms with Crippen molar-refractivity contribution < 1.29 is 9.18 Å². The molecule has 0 saturated carbocycles. The van der Waals surface area contributed by atoms with Crippen LogP contribution in [0, 0.1) is 5.82 Å². The number of amides is 1. The number of aliphatic imine (C=N–C) groups is 1. The molecular weight excluding hydrogens is 159 g/mol. The highest BCUT2D eigenvalue weighted by atomic mass is 19.1. The standard InChI is InChI=1S/C8H4FN2O/c9-5-1-2-7-6(3-5)8(12)11-4-10-7/h1-4H. The molecule has 1 amide bonds. The first kappa shape index (κ1) is 6.97. The molecule has 0 bridgehead atoms. The molecule has 1 radical (unpaired) electrons. The first-order valence-electron chi connectivity index (χ1n) is 3.34. The second kappa shape index (κ2) is 2.41. The number of halogens is 1. The van der Waals surface area contributed by atoms with Crippen molar-refractivity contribution in [3.05, 3.63) is 29.6 Å². The second-order valence-electron chi connectivity index (χ2n) is 2.34. The molecule has 59 valence electrons. The second-order valence-corrected chi connectivity index (χ2v) is 2.34. The summed E-state index contributed by atoms with van der Waals surface area (Å²) in [5, 5.41) is 3.81. The van der Waals surface area contributed by atoms with Crippen LogP contribution in [0.3, 0.4) is 0 Å². The molecule has 1 aromatic rings. The number of hydrogen-bond acceptors (Lipinski definition) is 1. The van der Waals surface area contributed by atoms with Crippen LogP contribution in [0.2, 0.25) is 0 Å². The van der Waals surface area contributed by atoms with Gasteiger partial charge in [0.1, 0.15) is 12.2 Å². The van der Waals surface area contributed by atoms with Crippen LogP contribution in [0.1, 0.15) is 10.4 Å². The third-order valence-electron chi connectivity index (χ3n) is 1.56. The Morgan fingerprint density at radius 1 is 1.33 bits per heavy atom. The summed E-state index contributed by atoms with van der Waals surface area (Å²) in [7, 11) is 0. The molecule has 12 heavy (non-hydrogen) atoms. The fourth-order valence-corrected chi connectivity index (χ4v) is 1.01. The van der Waals surface area contributed by atoms with E-state index in [1.165, 1.54) is 18.5 Å². The molecule has 2 rings (SSSR count). The molecule has 1 aliphatic heterocycles. The quantitative estimate of drug-likeness (QED) is 0.567. The van der Waals surface area contributed by atoms with E-state index in [0.29, 0.717) is 5.69 Å². The van der Waals surface area contributed by atoms with Crippen molar-refractivity contribution in [3.8, 4) is 0 Å². The first-order chi connectivity index (χ1) is 5.77. The minimum Gasteiger partial charge on any atom is -0.267 e. The Morgan fingerprint density at radius 3 is 3.00 bits per heavy atom. The Hall–Kier alpha value is -1.71. The highest BCUT2D eigenvalue weighted by Gasteiger charge is 2.15. The van der Waals surface area contributed by atoms with Gasteiger partial charge >= 0.3 is 0 Å². The number of carbonyl (C=O) groups excluding carboxylic acids is 1. The number of fused-ring (bicyclic) bond motifs is 1. The van der Waals surface area contributed by atoms with E-state index in [2.05, 4.69) is 10.3 Å². The van der Waals surface area contributed by atoms with E-state index in [1.54, 1.807) is 0 Å². The largest absolute Gasteiger partial charge is 0.280 e. The predicted octanol–water partition coefficient (Wildman–Crippen LogP) is 1.24. The summed E-state index contributed by atoms with van der Waals surface area (Å²) in [6, 6.07) is 3.85. The van der Waals surface area contributed by atoms with E-state index in [0.717, 1.165) is 6.07 Å². The molecule has 1 aromatic carbocycles. The molecule has 1 heterocycles. The number of carbonyl (C=O) groups is 1. The minimum absolute atomic E-state index is 0.220. The summed E-state index contributed by atoms with van der Waals surface area (Å²) in [5.41, 5.74) is 0.689. The molecule has 0 N–H and O–H groups in total. The molecule has 0 unspecified atom stereocenters. The highest BCUT2D eigenvalue weighted by molar-refractivity contribution is 6.06. The van der Waals surface area contributed by atoms with Crippen LogP contribution in [0.4, 0.5) is 10.1 Å². The molecule has 0 saturated heterocycles. The van der Waals surface area contributed by atoms with Crippen LogP contribution in [0.15, 0.2) is 23.2 Å². The molecule has 0 fully saturated rings. The van der Waals surface area contributed by atoms with Crippen molar-refractivity contribution in [2.45, 2.75) is 0 Å². The fourth-order valence-electron chi connectivity index (χ4n) is 1.01. The molecule has 0 atom stereocenters. The fraction of sp³-hybridized carbons (Fsp3) is 0. The zero-order chi connectivity index (χ0) is 8.55. The Kier molecular flexibility index (Phi) is 1.40. The topological polar surface area (TPSA) is 43.5 Å². The average molecular weight is 163 g/mol. The summed E-state index contributed by atoms with van der Waals surface area (Å²) < 4.78 is 12.6. The molecule has 3 nitrogen and oxygen atoms in total. The van der Waals surface area contributed by atoms with E-state index in [9.17, 15) is 9.18 Å². The van der Waals surface area contributed by atoms with E-state index in [1.807, 2.05) is 0 Å². The Labute approximate surface area is 67.9 Å². The minimum atomic E-state index is -0.450. The molecule has 0 aromatic heterocycles. The lowest BCUT2D eigenvalue weighted by molar-refractivity contribution is 0.100.